The Balaban J connectivity index is 1.93. The van der Waals surface area contributed by atoms with Gasteiger partial charge in [-0.15, -0.1) is 0 Å². The summed E-state index contributed by atoms with van der Waals surface area (Å²) in [7, 11) is 1.77. The van der Waals surface area contributed by atoms with Gasteiger partial charge >= 0.3 is 0 Å². The van der Waals surface area contributed by atoms with Crippen LogP contribution in [-0.2, 0) is 16.6 Å². The highest BCUT2D eigenvalue weighted by Gasteiger charge is 2.33. The minimum Gasteiger partial charge on any atom is -0.311 e. The van der Waals surface area contributed by atoms with Crippen LogP contribution in [0.3, 0.4) is 0 Å². The molecule has 18 heavy (non-hydrogen) atoms. The number of aryl methyl sites for hydroxylation is 1. The molecule has 1 aromatic rings. The van der Waals surface area contributed by atoms with Gasteiger partial charge in [-0.1, -0.05) is 6.92 Å². The molecule has 0 radical (unpaired) electrons. The van der Waals surface area contributed by atoms with E-state index in [4.69, 9.17) is 0 Å². The van der Waals surface area contributed by atoms with E-state index < -0.39 is 0 Å². The van der Waals surface area contributed by atoms with Gasteiger partial charge in [-0.2, -0.15) is 5.10 Å². The number of hydrogen-bond acceptors (Lipinski definition) is 3. The van der Waals surface area contributed by atoms with Crippen LogP contribution in [0, 0.1) is 5.92 Å². The van der Waals surface area contributed by atoms with Gasteiger partial charge < -0.3 is 10.6 Å². The molecule has 3 rings (SSSR count). The van der Waals surface area contributed by atoms with Crippen molar-refractivity contribution < 1.29 is 9.59 Å². The molecule has 0 spiro atoms. The first kappa shape index (κ1) is 11.3. The van der Waals surface area contributed by atoms with Crippen LogP contribution >= 0.6 is 0 Å². The Morgan fingerprint density at radius 1 is 1.50 bits per heavy atom. The molecule has 6 nitrogen and oxygen atoms in total. The van der Waals surface area contributed by atoms with Crippen molar-refractivity contribution in [1.29, 1.82) is 0 Å². The fourth-order valence-electron chi connectivity index (χ4n) is 2.38. The zero-order chi connectivity index (χ0) is 12.9. The average Bonchev–Trinajstić information content (AvgIpc) is 3.06. The monoisotopic (exact) mass is 248 g/mol. The Kier molecular flexibility index (Phi) is 2.39. The maximum atomic E-state index is 11.8. The topological polar surface area (TPSA) is 76.0 Å². The predicted octanol–water partition coefficient (Wildman–Crippen LogP) is 1.21. The van der Waals surface area contributed by atoms with E-state index in [1.165, 1.54) is 0 Å². The molecule has 2 heterocycles. The molecule has 1 atom stereocenters. The second kappa shape index (κ2) is 3.83. The molecule has 1 aliphatic heterocycles. The first-order chi connectivity index (χ1) is 8.56. The summed E-state index contributed by atoms with van der Waals surface area (Å²) in [6.07, 6.45) is 2.37. The Morgan fingerprint density at radius 3 is 2.89 bits per heavy atom. The number of fused-ring (bicyclic) bond motifs is 1. The maximum Gasteiger partial charge on any atom is 0.228 e. The largest absolute Gasteiger partial charge is 0.311 e. The number of carbonyl (C=O) groups excluding carboxylic acids is 2. The molecule has 96 valence electrons. The van der Waals surface area contributed by atoms with E-state index in [0.29, 0.717) is 18.1 Å². The Morgan fingerprint density at radius 2 is 2.22 bits per heavy atom. The minimum atomic E-state index is -0.00179. The number of hydrogen-bond donors (Lipinski definition) is 2. The van der Waals surface area contributed by atoms with E-state index in [2.05, 4.69) is 15.7 Å². The van der Waals surface area contributed by atoms with Crippen molar-refractivity contribution in [3.8, 4) is 0 Å². The smallest absolute Gasteiger partial charge is 0.228 e. The molecule has 0 bridgehead atoms. The maximum absolute atomic E-state index is 11.8. The lowest BCUT2D eigenvalue weighted by atomic mass is 9.95. The van der Waals surface area contributed by atoms with Gasteiger partial charge in [0.25, 0.3) is 0 Å². The van der Waals surface area contributed by atoms with Crippen LogP contribution < -0.4 is 10.6 Å². The lowest BCUT2D eigenvalue weighted by Gasteiger charge is -2.20. The van der Waals surface area contributed by atoms with Gasteiger partial charge in [0, 0.05) is 24.9 Å². The Bertz CT molecular complexity index is 530. The first-order valence-corrected chi connectivity index (χ1v) is 6.24. The van der Waals surface area contributed by atoms with Gasteiger partial charge in [-0.3, -0.25) is 14.3 Å². The predicted molar refractivity (Wildman–Crippen MR) is 66.2 cm³/mol. The van der Waals surface area contributed by atoms with Gasteiger partial charge in [-0.25, -0.2) is 0 Å². The summed E-state index contributed by atoms with van der Waals surface area (Å²) < 4.78 is 1.62. The second-order valence-electron chi connectivity index (χ2n) is 5.15. The second-order valence-corrected chi connectivity index (χ2v) is 5.15. The third-order valence-electron chi connectivity index (χ3n) is 3.52. The zero-order valence-corrected chi connectivity index (χ0v) is 10.5. The van der Waals surface area contributed by atoms with Crippen LogP contribution in [0.4, 0.5) is 11.6 Å². The standard InChI is InChI=1S/C12H16N4O2/c1-6-5-8(17)13-11-9(6)10(15-16(11)2)14-12(18)7-3-4-7/h6-7H,3-5H2,1-2H3,(H,13,17)(H,14,15,18). The van der Waals surface area contributed by atoms with Crippen LogP contribution in [0.1, 0.15) is 37.7 Å². The highest BCUT2D eigenvalue weighted by atomic mass is 16.2. The highest BCUT2D eigenvalue weighted by molar-refractivity contribution is 5.98. The number of aromatic nitrogens is 2. The van der Waals surface area contributed by atoms with Gasteiger partial charge in [0.15, 0.2) is 5.82 Å². The molecule has 2 N–H and O–H groups in total. The third kappa shape index (κ3) is 1.77. The number of anilines is 2. The van der Waals surface area contributed by atoms with Crippen molar-refractivity contribution in [2.45, 2.75) is 32.1 Å². The van der Waals surface area contributed by atoms with Crippen LogP contribution in [0.2, 0.25) is 0 Å². The lowest BCUT2D eigenvalue weighted by Crippen LogP contribution is -2.23. The molecule has 0 aromatic carbocycles. The molecule has 2 aliphatic rings. The fraction of sp³-hybridized carbons (Fsp3) is 0.583. The summed E-state index contributed by atoms with van der Waals surface area (Å²) >= 11 is 0. The molecule has 1 aliphatic carbocycles. The molecule has 2 amide bonds. The van der Waals surface area contributed by atoms with E-state index in [1.807, 2.05) is 6.92 Å². The molecule has 1 saturated carbocycles. The van der Waals surface area contributed by atoms with Crippen molar-refractivity contribution >= 4 is 23.5 Å². The van der Waals surface area contributed by atoms with Gasteiger partial charge in [0.1, 0.15) is 5.82 Å². The summed E-state index contributed by atoms with van der Waals surface area (Å²) in [5.74, 6) is 1.56. The summed E-state index contributed by atoms with van der Waals surface area (Å²) in [5, 5.41) is 9.98. The molecule has 1 fully saturated rings. The molecule has 0 saturated heterocycles. The van der Waals surface area contributed by atoms with Gasteiger partial charge in [-0.05, 0) is 18.8 Å². The van der Waals surface area contributed by atoms with Crippen molar-refractivity contribution in [3.05, 3.63) is 5.56 Å². The molecule has 6 heteroatoms. The van der Waals surface area contributed by atoms with Crippen LogP contribution in [0.25, 0.3) is 0 Å². The quantitative estimate of drug-likeness (QED) is 0.826. The Labute approximate surface area is 105 Å². The molecular weight excluding hydrogens is 232 g/mol. The van der Waals surface area contributed by atoms with E-state index in [0.717, 1.165) is 18.4 Å². The molecule has 1 aromatic heterocycles. The minimum absolute atomic E-state index is 0.00179. The van der Waals surface area contributed by atoms with E-state index >= 15 is 0 Å². The summed E-state index contributed by atoms with van der Waals surface area (Å²) in [4.78, 5) is 23.3. The summed E-state index contributed by atoms with van der Waals surface area (Å²) in [5.41, 5.74) is 0.936. The fourth-order valence-corrected chi connectivity index (χ4v) is 2.38. The van der Waals surface area contributed by atoms with E-state index in [1.54, 1.807) is 11.7 Å². The normalized spacial score (nSPS) is 22.3. The number of amides is 2. The van der Waals surface area contributed by atoms with Crippen LogP contribution in [0.15, 0.2) is 0 Å². The van der Waals surface area contributed by atoms with Crippen LogP contribution in [0.5, 0.6) is 0 Å². The number of rotatable bonds is 2. The van der Waals surface area contributed by atoms with Crippen molar-refractivity contribution in [1.82, 2.24) is 9.78 Å². The molecular formula is C12H16N4O2. The van der Waals surface area contributed by atoms with Crippen LogP contribution in [-0.4, -0.2) is 21.6 Å². The lowest BCUT2D eigenvalue weighted by molar-refractivity contribution is -0.117. The number of nitrogens with zero attached hydrogens (tertiary/aromatic N) is 2. The number of carbonyl (C=O) groups is 2. The number of nitrogens with one attached hydrogen (secondary N) is 2. The summed E-state index contributed by atoms with van der Waals surface area (Å²) in [6, 6.07) is 0. The van der Waals surface area contributed by atoms with Gasteiger partial charge in [0.2, 0.25) is 11.8 Å². The van der Waals surface area contributed by atoms with Crippen molar-refractivity contribution in [3.63, 3.8) is 0 Å². The summed E-state index contributed by atoms with van der Waals surface area (Å²) in [6.45, 7) is 1.98. The van der Waals surface area contributed by atoms with E-state index in [9.17, 15) is 9.59 Å². The zero-order valence-electron chi connectivity index (χ0n) is 10.5. The average molecular weight is 248 g/mol. The third-order valence-corrected chi connectivity index (χ3v) is 3.52. The Hall–Kier alpha value is -1.85. The molecule has 1 unspecified atom stereocenters. The van der Waals surface area contributed by atoms with Crippen molar-refractivity contribution in [2.75, 3.05) is 10.6 Å². The van der Waals surface area contributed by atoms with Gasteiger partial charge in [0.05, 0.1) is 0 Å². The SMILES string of the molecule is CC1CC(=O)Nc2c1c(NC(=O)C1CC1)nn2C. The first-order valence-electron chi connectivity index (χ1n) is 6.24. The van der Waals surface area contributed by atoms with Crippen molar-refractivity contribution in [2.24, 2.45) is 13.0 Å². The highest BCUT2D eigenvalue weighted by Crippen LogP contribution is 2.38. The van der Waals surface area contributed by atoms with E-state index in [-0.39, 0.29) is 23.7 Å².